The lowest BCUT2D eigenvalue weighted by Crippen LogP contribution is -2.41. The number of aliphatic hydroxyl groups excluding tert-OH is 2. The number of carbonyl (C=O) groups excluding carboxylic acids is 1. The van der Waals surface area contributed by atoms with Gasteiger partial charge in [-0.2, -0.15) is 0 Å². The molecule has 1 aromatic rings. The maximum atomic E-state index is 13.3. The number of carbonyl (C=O) groups is 1. The number of halogens is 1. The fraction of sp³-hybridized carbons (Fsp3) is 0.417. The Bertz CT molecular complexity index is 399. The minimum atomic E-state index is -1.02. The fourth-order valence-electron chi connectivity index (χ4n) is 1.21. The Morgan fingerprint density at radius 1 is 1.50 bits per heavy atom. The lowest BCUT2D eigenvalue weighted by Gasteiger charge is -2.16. The predicted octanol–water partition coefficient (Wildman–Crippen LogP) is 0.0624. The van der Waals surface area contributed by atoms with Crippen molar-refractivity contribution in [3.8, 4) is 5.75 Å². The lowest BCUT2D eigenvalue weighted by molar-refractivity contribution is -0.127. The highest BCUT2D eigenvalue weighted by Gasteiger charge is 2.16. The summed E-state index contributed by atoms with van der Waals surface area (Å²) >= 11 is 0. The summed E-state index contributed by atoms with van der Waals surface area (Å²) in [5.74, 6) is -1.05. The molecular formula is C12H16FNO4. The van der Waals surface area contributed by atoms with Crippen LogP contribution in [-0.4, -0.2) is 41.5 Å². The monoisotopic (exact) mass is 257 g/mol. The SMILES string of the molecule is CC(Oc1ccccc1F)C(=O)NCC(O)CO. The van der Waals surface area contributed by atoms with E-state index < -0.39 is 30.5 Å². The third-order valence-electron chi connectivity index (χ3n) is 2.23. The Hall–Kier alpha value is -1.66. The quantitative estimate of drug-likeness (QED) is 0.673. The Kier molecular flexibility index (Phi) is 5.54. The first-order chi connectivity index (χ1) is 8.54. The smallest absolute Gasteiger partial charge is 0.260 e. The van der Waals surface area contributed by atoms with Gasteiger partial charge in [-0.15, -0.1) is 0 Å². The molecule has 3 N–H and O–H groups in total. The maximum absolute atomic E-state index is 13.3. The van der Waals surface area contributed by atoms with Crippen molar-refractivity contribution >= 4 is 5.91 Å². The van der Waals surface area contributed by atoms with E-state index in [0.29, 0.717) is 0 Å². The van der Waals surface area contributed by atoms with Crippen LogP contribution < -0.4 is 10.1 Å². The molecule has 0 saturated heterocycles. The second-order valence-electron chi connectivity index (χ2n) is 3.77. The Labute approximate surface area is 104 Å². The van der Waals surface area contributed by atoms with Gasteiger partial charge in [0, 0.05) is 6.54 Å². The average Bonchev–Trinajstić information content (AvgIpc) is 2.38. The molecule has 5 nitrogen and oxygen atoms in total. The molecule has 0 spiro atoms. The number of hydrogen-bond acceptors (Lipinski definition) is 4. The van der Waals surface area contributed by atoms with Gasteiger partial charge in [0.25, 0.3) is 5.91 Å². The largest absolute Gasteiger partial charge is 0.478 e. The van der Waals surface area contributed by atoms with E-state index in [2.05, 4.69) is 5.32 Å². The van der Waals surface area contributed by atoms with Crippen molar-refractivity contribution in [3.63, 3.8) is 0 Å². The zero-order valence-electron chi connectivity index (χ0n) is 9.97. The standard InChI is InChI=1S/C12H16FNO4/c1-8(12(17)14-6-9(16)7-15)18-11-5-3-2-4-10(11)13/h2-5,8-9,15-16H,6-7H2,1H3,(H,14,17). The second-order valence-corrected chi connectivity index (χ2v) is 3.77. The van der Waals surface area contributed by atoms with E-state index in [9.17, 15) is 9.18 Å². The maximum Gasteiger partial charge on any atom is 0.260 e. The van der Waals surface area contributed by atoms with Crippen molar-refractivity contribution in [1.82, 2.24) is 5.32 Å². The topological polar surface area (TPSA) is 78.8 Å². The predicted molar refractivity (Wildman–Crippen MR) is 62.6 cm³/mol. The van der Waals surface area contributed by atoms with Gasteiger partial charge in [-0.25, -0.2) is 4.39 Å². The summed E-state index contributed by atoms with van der Waals surface area (Å²) in [5, 5.41) is 20.0. The van der Waals surface area contributed by atoms with E-state index >= 15 is 0 Å². The highest BCUT2D eigenvalue weighted by Crippen LogP contribution is 2.16. The van der Waals surface area contributed by atoms with E-state index in [4.69, 9.17) is 14.9 Å². The summed E-state index contributed by atoms with van der Waals surface area (Å²) in [4.78, 5) is 11.5. The molecule has 0 bridgehead atoms. The zero-order chi connectivity index (χ0) is 13.5. The summed E-state index contributed by atoms with van der Waals surface area (Å²) < 4.78 is 18.4. The van der Waals surface area contributed by atoms with Crippen molar-refractivity contribution in [3.05, 3.63) is 30.1 Å². The van der Waals surface area contributed by atoms with Gasteiger partial charge in [0.15, 0.2) is 17.7 Å². The van der Waals surface area contributed by atoms with Crippen molar-refractivity contribution in [1.29, 1.82) is 0 Å². The summed E-state index contributed by atoms with van der Waals surface area (Å²) in [7, 11) is 0. The van der Waals surface area contributed by atoms with Crippen molar-refractivity contribution in [2.75, 3.05) is 13.2 Å². The van der Waals surface area contributed by atoms with Crippen LogP contribution in [0.5, 0.6) is 5.75 Å². The van der Waals surface area contributed by atoms with Gasteiger partial charge >= 0.3 is 0 Å². The Balaban J connectivity index is 2.47. The fourth-order valence-corrected chi connectivity index (χ4v) is 1.21. The molecule has 0 aliphatic heterocycles. The molecule has 1 amide bonds. The van der Waals surface area contributed by atoms with Crippen LogP contribution in [0.25, 0.3) is 0 Å². The molecule has 0 aromatic heterocycles. The van der Waals surface area contributed by atoms with Gasteiger partial charge in [-0.05, 0) is 19.1 Å². The summed E-state index contributed by atoms with van der Waals surface area (Å²) in [6.07, 6.45) is -1.91. The molecular weight excluding hydrogens is 241 g/mol. The number of ether oxygens (including phenoxy) is 1. The summed E-state index contributed by atoms with van der Waals surface area (Å²) in [6, 6.07) is 5.76. The molecule has 18 heavy (non-hydrogen) atoms. The molecule has 2 unspecified atom stereocenters. The number of aliphatic hydroxyl groups is 2. The highest BCUT2D eigenvalue weighted by atomic mass is 19.1. The third kappa shape index (κ3) is 4.31. The molecule has 2 atom stereocenters. The molecule has 0 saturated carbocycles. The second kappa shape index (κ2) is 6.93. The number of hydrogen-bond donors (Lipinski definition) is 3. The average molecular weight is 257 g/mol. The first kappa shape index (κ1) is 14.4. The van der Waals surface area contributed by atoms with Crippen molar-refractivity contribution < 1.29 is 24.1 Å². The van der Waals surface area contributed by atoms with Crippen LogP contribution in [0.4, 0.5) is 4.39 Å². The van der Waals surface area contributed by atoms with Gasteiger partial charge in [0.2, 0.25) is 0 Å². The van der Waals surface area contributed by atoms with E-state index in [1.807, 2.05) is 0 Å². The number of benzene rings is 1. The first-order valence-corrected chi connectivity index (χ1v) is 5.52. The van der Waals surface area contributed by atoms with Crippen LogP contribution in [0.2, 0.25) is 0 Å². The molecule has 0 radical (unpaired) electrons. The summed E-state index contributed by atoms with van der Waals surface area (Å²) in [5.41, 5.74) is 0. The van der Waals surface area contributed by atoms with Crippen molar-refractivity contribution in [2.45, 2.75) is 19.1 Å². The van der Waals surface area contributed by atoms with Gasteiger partial charge in [0.1, 0.15) is 0 Å². The Morgan fingerprint density at radius 3 is 2.78 bits per heavy atom. The van der Waals surface area contributed by atoms with Crippen molar-refractivity contribution in [2.24, 2.45) is 0 Å². The normalized spacial score (nSPS) is 13.8. The highest BCUT2D eigenvalue weighted by molar-refractivity contribution is 5.80. The molecule has 100 valence electrons. The molecule has 0 aliphatic rings. The molecule has 6 heteroatoms. The molecule has 0 heterocycles. The van der Waals surface area contributed by atoms with Gasteiger partial charge in [-0.1, -0.05) is 12.1 Å². The molecule has 1 aromatic carbocycles. The number of para-hydroxylation sites is 1. The number of rotatable bonds is 6. The minimum absolute atomic E-state index is 0.0112. The molecule has 0 aliphatic carbocycles. The third-order valence-corrected chi connectivity index (χ3v) is 2.23. The van der Waals surface area contributed by atoms with Crippen LogP contribution in [-0.2, 0) is 4.79 Å². The lowest BCUT2D eigenvalue weighted by atomic mass is 10.3. The van der Waals surface area contributed by atoms with Crippen LogP contribution in [0.3, 0.4) is 0 Å². The van der Waals surface area contributed by atoms with Crippen LogP contribution in [0.15, 0.2) is 24.3 Å². The van der Waals surface area contributed by atoms with E-state index in [1.165, 1.54) is 25.1 Å². The van der Waals surface area contributed by atoms with E-state index in [1.54, 1.807) is 6.07 Å². The number of amides is 1. The van der Waals surface area contributed by atoms with E-state index in [0.717, 1.165) is 0 Å². The first-order valence-electron chi connectivity index (χ1n) is 5.52. The van der Waals surface area contributed by atoms with Gasteiger partial charge in [-0.3, -0.25) is 4.79 Å². The minimum Gasteiger partial charge on any atom is -0.478 e. The number of nitrogens with one attached hydrogen (secondary N) is 1. The van der Waals surface area contributed by atoms with Crippen LogP contribution >= 0.6 is 0 Å². The zero-order valence-corrected chi connectivity index (χ0v) is 9.97. The van der Waals surface area contributed by atoms with Gasteiger partial charge in [0.05, 0.1) is 12.7 Å². The van der Waals surface area contributed by atoms with E-state index in [-0.39, 0.29) is 12.3 Å². The molecule has 0 fully saturated rings. The van der Waals surface area contributed by atoms with Crippen LogP contribution in [0.1, 0.15) is 6.92 Å². The molecule has 1 rings (SSSR count). The van der Waals surface area contributed by atoms with Gasteiger partial charge < -0.3 is 20.3 Å². The summed E-state index contributed by atoms with van der Waals surface area (Å²) in [6.45, 7) is 0.941. The van der Waals surface area contributed by atoms with Crippen LogP contribution in [0, 0.1) is 5.82 Å². The Morgan fingerprint density at radius 2 is 2.17 bits per heavy atom.